The van der Waals surface area contributed by atoms with Gasteiger partial charge in [-0.1, -0.05) is 74.5 Å². The van der Waals surface area contributed by atoms with E-state index in [9.17, 15) is 78.0 Å². The number of hydrogen-bond acceptors (Lipinski definition) is 22. The van der Waals surface area contributed by atoms with Crippen LogP contribution in [0.1, 0.15) is 107 Å². The van der Waals surface area contributed by atoms with Crippen molar-refractivity contribution in [1.82, 2.24) is 89.0 Å². The molecule has 0 bridgehead atoms. The van der Waals surface area contributed by atoms with Crippen molar-refractivity contribution in [2.24, 2.45) is 23.1 Å². The number of H-pyrrole nitrogens is 2. The molecule has 1 aliphatic rings. The number of primary amides is 1. The summed E-state index contributed by atoms with van der Waals surface area (Å²) in [6.07, 6.45) is 4.64. The number of thioether (sulfide) groups is 1. The van der Waals surface area contributed by atoms with Crippen molar-refractivity contribution in [1.29, 1.82) is 5.41 Å². The Kier molecular flexibility index (Phi) is 38.8. The van der Waals surface area contributed by atoms with Crippen LogP contribution in [-0.2, 0) is 97.6 Å². The Morgan fingerprint density at radius 2 is 1.09 bits per heavy atom. The van der Waals surface area contributed by atoms with Gasteiger partial charge in [-0.3, -0.25) is 77.3 Å². The topological polar surface area (TPSA) is 643 Å². The smallest absolute Gasteiger partial charge is 0.303 e. The minimum atomic E-state index is -1.84. The number of para-hydroxylation sites is 1. The molecule has 41 heteroatoms. The van der Waals surface area contributed by atoms with Crippen LogP contribution < -0.4 is 86.3 Å². The largest absolute Gasteiger partial charge is 0.508 e. The molecule has 26 N–H and O–H groups in total. The summed E-state index contributed by atoms with van der Waals surface area (Å²) < 4.78 is 0. The van der Waals surface area contributed by atoms with Gasteiger partial charge in [-0.25, -0.2) is 4.98 Å². The second-order valence-electron chi connectivity index (χ2n) is 28.7. The van der Waals surface area contributed by atoms with E-state index in [1.165, 1.54) is 53.5 Å². The van der Waals surface area contributed by atoms with E-state index in [1.54, 1.807) is 80.9 Å². The summed E-state index contributed by atoms with van der Waals surface area (Å²) in [5, 5.41) is 81.9. The highest BCUT2D eigenvalue weighted by molar-refractivity contribution is 7.98. The SMILES string of the molecule is CSCC[C@H](NC(=O)[C@H](CO)NC(=O)[C@H](Cc1ccc(O)cc1)NC(=O)[C@H](CO)NC(C)=O)C(=O)N[C@@H](CCC(=O)O)C(=O)N[C@@H](Cc1cnc[nH]1)C(=O)N[C@H](Cc1ccccc1)C(=O)N[C@@H](CCCNC(=N)N)C(=O)N[C@@H](Cc1c[nH]c2ccccc12)C(=O)NCC(=O)N[C@H](CCCCN)C(=O)N1CCC[C@H]1C(=O)N[C@H](C(N)=O)C(C)C. The number of likely N-dealkylation sites (tertiary alicyclic amines) is 1. The molecule has 3 aromatic carbocycles. The van der Waals surface area contributed by atoms with Gasteiger partial charge >= 0.3 is 5.97 Å². The molecule has 0 radical (unpaired) electrons. The molecular weight excluding hydrogens is 1560 g/mol. The molecule has 1 saturated heterocycles. The predicted molar refractivity (Wildman–Crippen MR) is 431 cm³/mol. The van der Waals surface area contributed by atoms with Crippen LogP contribution in [0.15, 0.2) is 97.6 Å². The number of aliphatic hydroxyl groups excluding tert-OH is 2. The number of nitrogens with zero attached hydrogens (tertiary/aromatic N) is 2. The number of fused-ring (bicyclic) bond motifs is 1. The van der Waals surface area contributed by atoms with Gasteiger partial charge < -0.3 is 122 Å². The van der Waals surface area contributed by atoms with Crippen molar-refractivity contribution in [2.45, 2.75) is 183 Å². The summed E-state index contributed by atoms with van der Waals surface area (Å²) in [6, 6.07) is 2.94. The molecule has 5 aromatic rings. The number of carboxylic acids is 1. The third kappa shape index (κ3) is 30.8. The lowest BCUT2D eigenvalue weighted by Crippen LogP contribution is -2.61. The van der Waals surface area contributed by atoms with Crippen LogP contribution in [0.25, 0.3) is 10.9 Å². The lowest BCUT2D eigenvalue weighted by molar-refractivity contribution is -0.142. The minimum Gasteiger partial charge on any atom is -0.508 e. The number of phenols is 1. The Balaban J connectivity index is 1.25. The number of aromatic hydroxyl groups is 1. The van der Waals surface area contributed by atoms with Crippen LogP contribution in [0.5, 0.6) is 5.75 Å². The maximum absolute atomic E-state index is 15.2. The van der Waals surface area contributed by atoms with Gasteiger partial charge in [-0.05, 0) is 117 Å². The van der Waals surface area contributed by atoms with E-state index >= 15 is 14.4 Å². The number of unbranched alkanes of at least 4 members (excludes halogenated alkanes) is 1. The second-order valence-corrected chi connectivity index (χ2v) is 29.6. The summed E-state index contributed by atoms with van der Waals surface area (Å²) in [6.45, 7) is 2.20. The minimum absolute atomic E-state index is 0.00491. The third-order valence-corrected chi connectivity index (χ3v) is 19.9. The number of amides is 14. The molecule has 2 aromatic heterocycles. The number of nitrogens with one attached hydrogen (secondary N) is 16. The first-order valence-corrected chi connectivity index (χ1v) is 39.9. The molecule has 0 unspecified atom stereocenters. The zero-order valence-electron chi connectivity index (χ0n) is 66.0. The Labute approximate surface area is 684 Å². The highest BCUT2D eigenvalue weighted by Crippen LogP contribution is 2.23. The Bertz CT molecular complexity index is 4250. The van der Waals surface area contributed by atoms with E-state index in [1.807, 2.05) is 0 Å². The third-order valence-electron chi connectivity index (χ3n) is 19.2. The molecule has 3 heterocycles. The van der Waals surface area contributed by atoms with Gasteiger partial charge in [0.2, 0.25) is 82.7 Å². The number of nitrogens with two attached hydrogens (primary N) is 3. The summed E-state index contributed by atoms with van der Waals surface area (Å²) in [5.74, 6) is -14.9. The maximum Gasteiger partial charge on any atom is 0.303 e. The van der Waals surface area contributed by atoms with Crippen LogP contribution in [0.2, 0.25) is 0 Å². The number of hydrogen-bond donors (Lipinski definition) is 23. The fourth-order valence-electron chi connectivity index (χ4n) is 12.9. The molecule has 0 aliphatic carbocycles. The quantitative estimate of drug-likeness (QED) is 0.00991. The van der Waals surface area contributed by atoms with Gasteiger partial charge in [0.25, 0.3) is 0 Å². The first-order chi connectivity index (χ1) is 56.3. The van der Waals surface area contributed by atoms with E-state index in [2.05, 4.69) is 84.1 Å². The fraction of sp³-hybridized carbons (Fsp3) is 0.494. The monoisotopic (exact) mass is 1660 g/mol. The summed E-state index contributed by atoms with van der Waals surface area (Å²) in [4.78, 5) is 220. The number of aromatic nitrogens is 3. The number of carbonyl (C=O) groups is 15. The molecule has 12 atom stereocenters. The number of benzene rings is 3. The van der Waals surface area contributed by atoms with Crippen molar-refractivity contribution in [2.75, 3.05) is 51.4 Å². The van der Waals surface area contributed by atoms with E-state index in [4.69, 9.17) is 22.6 Å². The molecular formula is C77H109N21O19S. The van der Waals surface area contributed by atoms with Gasteiger partial charge in [0, 0.05) is 81.1 Å². The highest BCUT2D eigenvalue weighted by atomic mass is 32.2. The number of rotatable bonds is 50. The molecule has 14 amide bonds. The lowest BCUT2D eigenvalue weighted by atomic mass is 10.0. The zero-order valence-corrected chi connectivity index (χ0v) is 66.9. The van der Waals surface area contributed by atoms with Crippen molar-refractivity contribution in [3.05, 3.63) is 120 Å². The summed E-state index contributed by atoms with van der Waals surface area (Å²) >= 11 is 1.23. The average molecular weight is 1660 g/mol. The average Bonchev–Trinajstić information content (AvgIpc) is 1.64. The summed E-state index contributed by atoms with van der Waals surface area (Å²) in [7, 11) is 0. The molecule has 642 valence electrons. The summed E-state index contributed by atoms with van der Waals surface area (Å²) in [5.41, 5.74) is 19.3. The normalized spacial score (nSPS) is 15.2. The molecule has 1 aliphatic heterocycles. The van der Waals surface area contributed by atoms with E-state index in [0.717, 1.165) is 6.92 Å². The van der Waals surface area contributed by atoms with Gasteiger partial charge in [0.05, 0.1) is 26.1 Å². The molecule has 40 nitrogen and oxygen atoms in total. The van der Waals surface area contributed by atoms with Crippen LogP contribution >= 0.6 is 11.8 Å². The number of imidazole rings is 1. The number of aliphatic hydroxyl groups is 2. The Morgan fingerprint density at radius 3 is 1.64 bits per heavy atom. The first kappa shape index (κ1) is 94.6. The highest BCUT2D eigenvalue weighted by Gasteiger charge is 2.41. The van der Waals surface area contributed by atoms with Crippen LogP contribution in [0.3, 0.4) is 0 Å². The van der Waals surface area contributed by atoms with Gasteiger partial charge in [-0.15, -0.1) is 0 Å². The standard InChI is InChI=1S/C77H109N21O19S/c1-42(2)64(65(79)106)97-75(116)61-20-13-30-98(61)76(117)54(18-10-11-28-78)88-62(103)38-85-66(107)57(34-46-36-84-50-17-9-8-16-49(46)50)94-67(108)51(19-12-29-83-77(80)81)89-70(111)55(32-44-14-6-5-7-15-44)92-72(113)58(35-47-37-82-41-86-47)95-68(109)52(25-26-63(104)105)90-69(110)53(27-31-118-4)91-74(115)60(40-100)96-71(112)56(33-45-21-23-48(102)24-22-45)93-73(114)59(39-99)87-43(3)101/h5-9,14-17,21-24,36-37,41-42,51-61,64,84,99-100,102H,10-13,18-20,25-35,38-40,78H2,1-4H3,(H2,79,106)(H,82,86)(H,85,107)(H,87,101)(H,88,103)(H,89,111)(H,90,110)(H,91,115)(H,92,113)(H,93,114)(H,94,108)(H,95,109)(H,96,112)(H,97,116)(H,104,105)(H4,80,81,83)/t51-,52-,53-,54+,55+,56-,57-,58-,59-,60-,61-,64-/m0/s1. The lowest BCUT2D eigenvalue weighted by Gasteiger charge is -2.30. The van der Waals surface area contributed by atoms with E-state index in [0.29, 0.717) is 46.9 Å². The Morgan fingerprint density at radius 1 is 0.576 bits per heavy atom. The van der Waals surface area contributed by atoms with Crippen molar-refractivity contribution >= 4 is 117 Å². The number of guanidine groups is 1. The fourth-order valence-corrected chi connectivity index (χ4v) is 13.4. The number of phenolic OH excluding ortho intramolecular Hbond substituents is 1. The molecule has 0 saturated carbocycles. The van der Waals surface area contributed by atoms with Crippen molar-refractivity contribution in [3.8, 4) is 5.75 Å². The van der Waals surface area contributed by atoms with Crippen molar-refractivity contribution in [3.63, 3.8) is 0 Å². The maximum atomic E-state index is 15.2. The number of aliphatic carboxylic acids is 1. The predicted octanol–water partition coefficient (Wildman–Crippen LogP) is -4.54. The second kappa shape index (κ2) is 48.3. The van der Waals surface area contributed by atoms with Crippen LogP contribution in [0, 0.1) is 11.3 Å². The number of aromatic amines is 2. The van der Waals surface area contributed by atoms with E-state index in [-0.39, 0.29) is 94.1 Å². The first-order valence-electron chi connectivity index (χ1n) is 38.5. The van der Waals surface area contributed by atoms with Crippen molar-refractivity contribution < 1.29 is 92.3 Å². The number of carbonyl (C=O) groups excluding carboxylic acids is 14. The Hall–Kier alpha value is -12.2. The zero-order chi connectivity index (χ0) is 86.5. The van der Waals surface area contributed by atoms with Gasteiger partial charge in [0.1, 0.15) is 78.3 Å². The molecule has 6 rings (SSSR count). The van der Waals surface area contributed by atoms with Crippen LogP contribution in [0.4, 0.5) is 0 Å². The molecule has 118 heavy (non-hydrogen) atoms. The van der Waals surface area contributed by atoms with E-state index < -0.39 is 206 Å². The molecule has 1 fully saturated rings. The van der Waals surface area contributed by atoms with Gasteiger partial charge in [-0.2, -0.15) is 11.8 Å². The van der Waals surface area contributed by atoms with Gasteiger partial charge in [0.15, 0.2) is 5.96 Å². The van der Waals surface area contributed by atoms with Crippen LogP contribution in [-0.4, -0.2) is 259 Å². The molecule has 0 spiro atoms. The number of carboxylic acid groups (broad SMARTS) is 1.